The van der Waals surface area contributed by atoms with E-state index in [1.807, 2.05) is 13.8 Å². The van der Waals surface area contributed by atoms with Crippen LogP contribution in [0.4, 0.5) is 0 Å². The maximum atomic E-state index is 11.5. The van der Waals surface area contributed by atoms with Crippen LogP contribution in [-0.2, 0) is 0 Å². The van der Waals surface area contributed by atoms with Crippen molar-refractivity contribution >= 4 is 5.65 Å². The summed E-state index contributed by atoms with van der Waals surface area (Å²) in [5, 5.41) is 0. The molecule has 0 spiro atoms. The topological polar surface area (TPSA) is 43.6 Å². The molecule has 2 heterocycles. The number of methoxy groups -OCH3 is 1. The first-order valence-corrected chi connectivity index (χ1v) is 5.25. The SMILES string of the molecule is CC.COc1ccn2c(=O)cc(C)nc2c1. The number of fused-ring (bicyclic) bond motifs is 1. The van der Waals surface area contributed by atoms with Crippen LogP contribution in [0.1, 0.15) is 19.5 Å². The molecule has 0 bridgehead atoms. The van der Waals surface area contributed by atoms with Gasteiger partial charge in [0.25, 0.3) is 5.56 Å². The molecule has 0 atom stereocenters. The van der Waals surface area contributed by atoms with E-state index in [1.165, 1.54) is 10.5 Å². The Kier molecular flexibility index (Phi) is 4.05. The van der Waals surface area contributed by atoms with Crippen molar-refractivity contribution in [3.05, 3.63) is 40.4 Å². The minimum atomic E-state index is -0.0739. The molecule has 0 amide bonds. The average Bonchev–Trinajstić information content (AvgIpc) is 2.30. The summed E-state index contributed by atoms with van der Waals surface area (Å²) in [5.74, 6) is 0.697. The highest BCUT2D eigenvalue weighted by molar-refractivity contribution is 5.44. The smallest absolute Gasteiger partial charge is 0.258 e. The fraction of sp³-hybridized carbons (Fsp3) is 0.333. The second-order valence-electron chi connectivity index (χ2n) is 3.03. The summed E-state index contributed by atoms with van der Waals surface area (Å²) in [6, 6.07) is 4.96. The molecule has 16 heavy (non-hydrogen) atoms. The van der Waals surface area contributed by atoms with Crippen molar-refractivity contribution in [2.45, 2.75) is 20.8 Å². The first-order valence-electron chi connectivity index (χ1n) is 5.25. The standard InChI is InChI=1S/C10H10N2O2.C2H6/c1-7-5-10(13)12-4-3-8(14-2)6-9(12)11-7;1-2/h3-6H,1-2H3;1-2H3. The van der Waals surface area contributed by atoms with Crippen molar-refractivity contribution in [2.24, 2.45) is 0 Å². The number of hydrogen-bond acceptors (Lipinski definition) is 3. The molecule has 4 nitrogen and oxygen atoms in total. The molecule has 2 aromatic heterocycles. The van der Waals surface area contributed by atoms with Gasteiger partial charge < -0.3 is 4.74 Å². The van der Waals surface area contributed by atoms with E-state index in [1.54, 1.807) is 32.4 Å². The van der Waals surface area contributed by atoms with E-state index in [4.69, 9.17) is 4.74 Å². The van der Waals surface area contributed by atoms with Crippen LogP contribution < -0.4 is 10.3 Å². The predicted molar refractivity (Wildman–Crippen MR) is 64.1 cm³/mol. The van der Waals surface area contributed by atoms with E-state index in [9.17, 15) is 4.79 Å². The van der Waals surface area contributed by atoms with Crippen LogP contribution in [0.3, 0.4) is 0 Å². The highest BCUT2D eigenvalue weighted by Gasteiger charge is 2.00. The largest absolute Gasteiger partial charge is 0.497 e. The Morgan fingerprint density at radius 3 is 2.62 bits per heavy atom. The van der Waals surface area contributed by atoms with Gasteiger partial charge in [-0.1, -0.05) is 13.8 Å². The summed E-state index contributed by atoms with van der Waals surface area (Å²) in [5.41, 5.74) is 1.24. The summed E-state index contributed by atoms with van der Waals surface area (Å²) in [7, 11) is 1.58. The minimum absolute atomic E-state index is 0.0739. The van der Waals surface area contributed by atoms with Gasteiger partial charge in [-0.15, -0.1) is 0 Å². The van der Waals surface area contributed by atoms with Gasteiger partial charge in [-0.25, -0.2) is 4.98 Å². The second kappa shape index (κ2) is 5.30. The number of ether oxygens (including phenoxy) is 1. The molecule has 0 aliphatic carbocycles. The minimum Gasteiger partial charge on any atom is -0.497 e. The fourth-order valence-electron chi connectivity index (χ4n) is 1.33. The van der Waals surface area contributed by atoms with Crippen molar-refractivity contribution < 1.29 is 4.74 Å². The zero-order valence-corrected chi connectivity index (χ0v) is 10.0. The third-order valence-corrected chi connectivity index (χ3v) is 2.00. The van der Waals surface area contributed by atoms with Gasteiger partial charge in [0.1, 0.15) is 11.4 Å². The number of rotatable bonds is 1. The number of hydrogen-bond donors (Lipinski definition) is 0. The molecule has 4 heteroatoms. The average molecular weight is 220 g/mol. The van der Waals surface area contributed by atoms with Gasteiger partial charge in [-0.2, -0.15) is 0 Å². The maximum absolute atomic E-state index is 11.5. The normalized spacial score (nSPS) is 9.50. The summed E-state index contributed by atoms with van der Waals surface area (Å²) < 4.78 is 6.53. The lowest BCUT2D eigenvalue weighted by molar-refractivity contribution is 0.414. The maximum Gasteiger partial charge on any atom is 0.258 e. The van der Waals surface area contributed by atoms with Gasteiger partial charge in [0, 0.05) is 24.0 Å². The van der Waals surface area contributed by atoms with Crippen LogP contribution in [0.2, 0.25) is 0 Å². The summed E-state index contributed by atoms with van der Waals surface area (Å²) in [6.45, 7) is 5.79. The Balaban J connectivity index is 0.000000606. The monoisotopic (exact) mass is 220 g/mol. The van der Waals surface area contributed by atoms with Crippen molar-refractivity contribution in [2.75, 3.05) is 7.11 Å². The Morgan fingerprint density at radius 1 is 1.31 bits per heavy atom. The van der Waals surface area contributed by atoms with Gasteiger partial charge in [-0.05, 0) is 13.0 Å². The molecule has 0 fully saturated rings. The Morgan fingerprint density at radius 2 is 2.00 bits per heavy atom. The predicted octanol–water partition coefficient (Wildman–Crippen LogP) is 2.04. The molecule has 2 rings (SSSR count). The Labute approximate surface area is 94.5 Å². The number of aromatic nitrogens is 2. The van der Waals surface area contributed by atoms with E-state index in [0.717, 1.165) is 0 Å². The zero-order chi connectivity index (χ0) is 12.1. The van der Waals surface area contributed by atoms with E-state index >= 15 is 0 Å². The molecular weight excluding hydrogens is 204 g/mol. The lowest BCUT2D eigenvalue weighted by Crippen LogP contribution is -2.14. The molecule has 86 valence electrons. The van der Waals surface area contributed by atoms with Gasteiger partial charge in [0.15, 0.2) is 0 Å². The highest BCUT2D eigenvalue weighted by atomic mass is 16.5. The van der Waals surface area contributed by atoms with E-state index in [2.05, 4.69) is 4.98 Å². The van der Waals surface area contributed by atoms with E-state index < -0.39 is 0 Å². The quantitative estimate of drug-likeness (QED) is 0.738. The first-order chi connectivity index (χ1) is 7.70. The third-order valence-electron chi connectivity index (χ3n) is 2.00. The fourth-order valence-corrected chi connectivity index (χ4v) is 1.33. The van der Waals surface area contributed by atoms with Crippen molar-refractivity contribution in [3.8, 4) is 5.75 Å². The van der Waals surface area contributed by atoms with Crippen molar-refractivity contribution in [1.29, 1.82) is 0 Å². The van der Waals surface area contributed by atoms with Crippen molar-refractivity contribution in [3.63, 3.8) is 0 Å². The Bertz CT molecular complexity index is 532. The van der Waals surface area contributed by atoms with Crippen LogP contribution in [0.5, 0.6) is 5.75 Å². The second-order valence-corrected chi connectivity index (χ2v) is 3.03. The number of aryl methyl sites for hydroxylation is 1. The molecule has 0 radical (unpaired) electrons. The Hall–Kier alpha value is -1.84. The molecular formula is C12H16N2O2. The lowest BCUT2D eigenvalue weighted by atomic mass is 10.4. The first kappa shape index (κ1) is 12.2. The van der Waals surface area contributed by atoms with Gasteiger partial charge >= 0.3 is 0 Å². The number of pyridine rings is 1. The van der Waals surface area contributed by atoms with E-state index in [-0.39, 0.29) is 5.56 Å². The van der Waals surface area contributed by atoms with Crippen molar-refractivity contribution in [1.82, 2.24) is 9.38 Å². The van der Waals surface area contributed by atoms with Crippen LogP contribution in [0, 0.1) is 6.92 Å². The third kappa shape index (κ3) is 2.39. The zero-order valence-electron chi connectivity index (χ0n) is 10.0. The summed E-state index contributed by atoms with van der Waals surface area (Å²) >= 11 is 0. The molecule has 2 aromatic rings. The molecule has 0 saturated heterocycles. The van der Waals surface area contributed by atoms with Crippen LogP contribution >= 0.6 is 0 Å². The molecule has 0 aromatic carbocycles. The van der Waals surface area contributed by atoms with Gasteiger partial charge in [-0.3, -0.25) is 9.20 Å². The molecule has 0 aliphatic rings. The van der Waals surface area contributed by atoms with Crippen LogP contribution in [0.15, 0.2) is 29.2 Å². The highest BCUT2D eigenvalue weighted by Crippen LogP contribution is 2.10. The number of nitrogens with zero attached hydrogens (tertiary/aromatic N) is 2. The molecule has 0 unspecified atom stereocenters. The molecule has 0 N–H and O–H groups in total. The molecule has 0 saturated carbocycles. The van der Waals surface area contributed by atoms with E-state index in [0.29, 0.717) is 17.1 Å². The lowest BCUT2D eigenvalue weighted by Gasteiger charge is -2.03. The van der Waals surface area contributed by atoms with Crippen LogP contribution in [0.25, 0.3) is 5.65 Å². The summed E-state index contributed by atoms with van der Waals surface area (Å²) in [6.07, 6.45) is 1.66. The van der Waals surface area contributed by atoms with Gasteiger partial charge in [0.05, 0.1) is 7.11 Å². The molecule has 0 aliphatic heterocycles. The summed E-state index contributed by atoms with van der Waals surface area (Å²) in [4.78, 5) is 15.7. The van der Waals surface area contributed by atoms with Gasteiger partial charge in [0.2, 0.25) is 0 Å². The van der Waals surface area contributed by atoms with Crippen LogP contribution in [-0.4, -0.2) is 16.5 Å².